The minimum atomic E-state index is -0.231. The first-order valence-corrected chi connectivity index (χ1v) is 8.44. The van der Waals surface area contributed by atoms with Gasteiger partial charge in [-0.2, -0.15) is 0 Å². The van der Waals surface area contributed by atoms with Crippen LogP contribution in [0.1, 0.15) is 36.3 Å². The van der Waals surface area contributed by atoms with E-state index in [1.165, 1.54) is 23.4 Å². The molecule has 2 aliphatic rings. The highest BCUT2D eigenvalue weighted by Crippen LogP contribution is 2.37. The van der Waals surface area contributed by atoms with E-state index in [0.29, 0.717) is 6.04 Å². The summed E-state index contributed by atoms with van der Waals surface area (Å²) in [7, 11) is 2.25. The summed E-state index contributed by atoms with van der Waals surface area (Å²) in [5, 5.41) is 0. The largest absolute Gasteiger partial charge is 0.348 e. The second-order valence-electron chi connectivity index (χ2n) is 5.93. The van der Waals surface area contributed by atoms with Crippen LogP contribution in [-0.4, -0.2) is 48.5 Å². The Morgan fingerprint density at radius 2 is 2.05 bits per heavy atom. The Kier molecular flexibility index (Phi) is 4.40. The molecular weight excluding hydrogens is 272 g/mol. The molecule has 112 valence electrons. The van der Waals surface area contributed by atoms with E-state index >= 15 is 0 Å². The van der Waals surface area contributed by atoms with Gasteiger partial charge in [0.15, 0.2) is 5.79 Å². The maximum Gasteiger partial charge on any atom is 0.168 e. The monoisotopic (exact) mass is 296 g/mol. The molecule has 0 aromatic carbocycles. The van der Waals surface area contributed by atoms with E-state index in [2.05, 4.69) is 23.9 Å². The topological polar surface area (TPSA) is 34.6 Å². The molecule has 1 aliphatic heterocycles. The fraction of sp³-hybridized carbons (Fsp3) is 0.800. The minimum Gasteiger partial charge on any atom is -0.348 e. The summed E-state index contributed by atoms with van der Waals surface area (Å²) in [5.74, 6) is -0.231. The predicted octanol–water partition coefficient (Wildman–Crippen LogP) is 2.61. The average molecular weight is 296 g/mol. The van der Waals surface area contributed by atoms with Gasteiger partial charge in [-0.1, -0.05) is 0 Å². The van der Waals surface area contributed by atoms with Crippen molar-refractivity contribution in [2.24, 2.45) is 0 Å². The molecule has 0 atom stereocenters. The van der Waals surface area contributed by atoms with Crippen molar-refractivity contribution in [3.05, 3.63) is 16.1 Å². The van der Waals surface area contributed by atoms with Gasteiger partial charge >= 0.3 is 0 Å². The Morgan fingerprint density at radius 1 is 1.35 bits per heavy atom. The van der Waals surface area contributed by atoms with Gasteiger partial charge in [0, 0.05) is 30.3 Å². The molecule has 0 unspecified atom stereocenters. The maximum absolute atomic E-state index is 5.80. The highest BCUT2D eigenvalue weighted by Gasteiger charge is 2.40. The number of likely N-dealkylation sites (N-methyl/N-ethyl adjacent to an activating group) is 1. The van der Waals surface area contributed by atoms with Gasteiger partial charge in [-0.3, -0.25) is 0 Å². The molecule has 0 radical (unpaired) electrons. The molecule has 0 N–H and O–H groups in total. The number of rotatable bonds is 4. The number of aryl methyl sites for hydroxylation is 1. The van der Waals surface area contributed by atoms with Gasteiger partial charge in [-0.05, 0) is 33.2 Å². The van der Waals surface area contributed by atoms with Crippen LogP contribution in [0.2, 0.25) is 0 Å². The Hall–Kier alpha value is -0.490. The second kappa shape index (κ2) is 6.10. The second-order valence-corrected chi connectivity index (χ2v) is 6.87. The Morgan fingerprint density at radius 3 is 2.65 bits per heavy atom. The van der Waals surface area contributed by atoms with Crippen LogP contribution in [0.25, 0.3) is 0 Å². The van der Waals surface area contributed by atoms with Crippen LogP contribution in [0, 0.1) is 6.92 Å². The first-order chi connectivity index (χ1) is 9.69. The average Bonchev–Trinajstić information content (AvgIpc) is 3.07. The van der Waals surface area contributed by atoms with E-state index in [1.54, 1.807) is 11.3 Å². The van der Waals surface area contributed by atoms with Crippen molar-refractivity contribution < 1.29 is 9.47 Å². The summed E-state index contributed by atoms with van der Waals surface area (Å²) in [6.07, 6.45) is 5.56. The molecule has 5 heteroatoms. The molecule has 3 rings (SSSR count). The van der Waals surface area contributed by atoms with E-state index in [0.717, 1.165) is 39.0 Å². The Labute approximate surface area is 125 Å². The third kappa shape index (κ3) is 3.06. The summed E-state index contributed by atoms with van der Waals surface area (Å²) in [4.78, 5) is 8.25. The number of aromatic nitrogens is 1. The van der Waals surface area contributed by atoms with E-state index in [1.807, 2.05) is 5.51 Å². The van der Waals surface area contributed by atoms with Crippen molar-refractivity contribution in [3.8, 4) is 0 Å². The number of hydrogen-bond acceptors (Lipinski definition) is 5. The third-order valence-corrected chi connectivity index (χ3v) is 5.69. The molecular formula is C15H24N2O2S. The van der Waals surface area contributed by atoms with Crippen LogP contribution in [0.3, 0.4) is 0 Å². The zero-order chi connectivity index (χ0) is 14.0. The van der Waals surface area contributed by atoms with Gasteiger partial charge in [0.1, 0.15) is 0 Å². The molecule has 0 bridgehead atoms. The van der Waals surface area contributed by atoms with Crippen molar-refractivity contribution in [1.82, 2.24) is 9.88 Å². The lowest BCUT2D eigenvalue weighted by atomic mass is 9.89. The summed E-state index contributed by atoms with van der Waals surface area (Å²) in [6.45, 7) is 4.75. The first-order valence-electron chi connectivity index (χ1n) is 7.56. The molecule has 0 amide bonds. The number of nitrogens with zero attached hydrogens (tertiary/aromatic N) is 2. The lowest BCUT2D eigenvalue weighted by Crippen LogP contribution is -2.43. The molecule has 2 fully saturated rings. The van der Waals surface area contributed by atoms with Crippen molar-refractivity contribution >= 4 is 11.3 Å². The quantitative estimate of drug-likeness (QED) is 0.855. The molecule has 1 aromatic heterocycles. The van der Waals surface area contributed by atoms with Gasteiger partial charge in [0.2, 0.25) is 0 Å². The number of thiazole rings is 1. The van der Waals surface area contributed by atoms with Crippen molar-refractivity contribution in [2.45, 2.75) is 50.9 Å². The van der Waals surface area contributed by atoms with Gasteiger partial charge < -0.3 is 14.4 Å². The molecule has 1 saturated carbocycles. The van der Waals surface area contributed by atoms with Gasteiger partial charge in [0.05, 0.1) is 24.4 Å². The normalized spacial score (nSPS) is 22.9. The summed E-state index contributed by atoms with van der Waals surface area (Å²) >= 11 is 1.78. The number of hydrogen-bond donors (Lipinski definition) is 0. The highest BCUT2D eigenvalue weighted by atomic mass is 32.1. The van der Waals surface area contributed by atoms with Crippen molar-refractivity contribution in [1.29, 1.82) is 0 Å². The van der Waals surface area contributed by atoms with Crippen molar-refractivity contribution in [2.75, 3.05) is 26.8 Å². The molecule has 4 nitrogen and oxygen atoms in total. The third-order valence-electron chi connectivity index (χ3n) is 4.69. The molecule has 1 spiro atoms. The summed E-state index contributed by atoms with van der Waals surface area (Å²) < 4.78 is 11.6. The van der Waals surface area contributed by atoms with Gasteiger partial charge in [-0.15, -0.1) is 11.3 Å². The minimum absolute atomic E-state index is 0.231. The SMILES string of the molecule is Cc1ncsc1CCN(C)C1CCC2(CC1)OCCO2. The Bertz CT molecular complexity index is 433. The van der Waals surface area contributed by atoms with Crippen LogP contribution in [0.15, 0.2) is 5.51 Å². The first kappa shape index (κ1) is 14.4. The van der Waals surface area contributed by atoms with Crippen LogP contribution < -0.4 is 0 Å². The van der Waals surface area contributed by atoms with Gasteiger partial charge in [-0.25, -0.2) is 4.98 Å². The van der Waals surface area contributed by atoms with Crippen LogP contribution >= 0.6 is 11.3 Å². The van der Waals surface area contributed by atoms with Gasteiger partial charge in [0.25, 0.3) is 0 Å². The fourth-order valence-corrected chi connectivity index (χ4v) is 4.07. The highest BCUT2D eigenvalue weighted by molar-refractivity contribution is 7.09. The van der Waals surface area contributed by atoms with E-state index < -0.39 is 0 Å². The van der Waals surface area contributed by atoms with E-state index in [-0.39, 0.29) is 5.79 Å². The van der Waals surface area contributed by atoms with Crippen LogP contribution in [-0.2, 0) is 15.9 Å². The van der Waals surface area contributed by atoms with Crippen LogP contribution in [0.5, 0.6) is 0 Å². The molecule has 2 heterocycles. The smallest absolute Gasteiger partial charge is 0.168 e. The Balaban J connectivity index is 1.47. The standard InChI is InChI=1S/C15H24N2O2S/c1-12-14(20-11-16-12)5-8-17(2)13-3-6-15(7-4-13)18-9-10-19-15/h11,13H,3-10H2,1-2H3. The number of ether oxygens (including phenoxy) is 2. The van der Waals surface area contributed by atoms with E-state index in [9.17, 15) is 0 Å². The zero-order valence-corrected chi connectivity index (χ0v) is 13.2. The van der Waals surface area contributed by atoms with Crippen LogP contribution in [0.4, 0.5) is 0 Å². The molecule has 1 saturated heterocycles. The summed E-state index contributed by atoms with van der Waals surface area (Å²) in [5.41, 5.74) is 3.14. The molecule has 20 heavy (non-hydrogen) atoms. The van der Waals surface area contributed by atoms with E-state index in [4.69, 9.17) is 9.47 Å². The summed E-state index contributed by atoms with van der Waals surface area (Å²) in [6, 6.07) is 0.668. The molecule has 1 aliphatic carbocycles. The zero-order valence-electron chi connectivity index (χ0n) is 12.4. The molecule has 1 aromatic rings. The lowest BCUT2D eigenvalue weighted by molar-refractivity contribution is -0.183. The predicted molar refractivity (Wildman–Crippen MR) is 80.1 cm³/mol. The lowest BCUT2D eigenvalue weighted by Gasteiger charge is -2.39. The fourth-order valence-electron chi connectivity index (χ4n) is 3.30. The maximum atomic E-state index is 5.80. The van der Waals surface area contributed by atoms with Crippen molar-refractivity contribution in [3.63, 3.8) is 0 Å².